The van der Waals surface area contributed by atoms with Crippen LogP contribution in [-0.2, 0) is 29.0 Å². The van der Waals surface area contributed by atoms with Gasteiger partial charge in [-0.05, 0) is 60.7 Å². The quantitative estimate of drug-likeness (QED) is 0.827. The van der Waals surface area contributed by atoms with E-state index in [1.54, 1.807) is 6.07 Å². The fourth-order valence-electron chi connectivity index (χ4n) is 3.12. The van der Waals surface area contributed by atoms with Crippen LogP contribution in [0.15, 0.2) is 47.4 Å². The third-order valence-corrected chi connectivity index (χ3v) is 5.99. The number of hydrogen-bond acceptors (Lipinski definition) is 3. The van der Waals surface area contributed by atoms with Crippen molar-refractivity contribution in [2.24, 2.45) is 0 Å². The van der Waals surface area contributed by atoms with E-state index in [9.17, 15) is 26.4 Å². The van der Waals surface area contributed by atoms with Crippen LogP contribution in [0.3, 0.4) is 0 Å². The Balaban J connectivity index is 1.81. The molecular formula is C18H16F3NO4S. The number of halogens is 3. The van der Waals surface area contributed by atoms with Crippen LogP contribution in [0.25, 0.3) is 0 Å². The molecule has 1 unspecified atom stereocenters. The lowest BCUT2D eigenvalue weighted by Gasteiger charge is -2.25. The molecule has 0 fully saturated rings. The van der Waals surface area contributed by atoms with Gasteiger partial charge >= 0.3 is 12.1 Å². The predicted molar refractivity (Wildman–Crippen MR) is 91.0 cm³/mol. The van der Waals surface area contributed by atoms with Gasteiger partial charge in [0.15, 0.2) is 0 Å². The molecule has 2 aromatic rings. The number of fused-ring (bicyclic) bond motifs is 1. The van der Waals surface area contributed by atoms with Gasteiger partial charge in [0.2, 0.25) is 10.0 Å². The molecular weight excluding hydrogens is 383 g/mol. The predicted octanol–water partition coefficient (Wildman–Crippen LogP) is 3.24. The summed E-state index contributed by atoms with van der Waals surface area (Å²) < 4.78 is 65.9. The highest BCUT2D eigenvalue weighted by molar-refractivity contribution is 7.89. The van der Waals surface area contributed by atoms with Crippen LogP contribution < -0.4 is 4.72 Å². The highest BCUT2D eigenvalue weighted by Crippen LogP contribution is 2.31. The lowest BCUT2D eigenvalue weighted by Crippen LogP contribution is -2.39. The van der Waals surface area contributed by atoms with E-state index in [1.807, 2.05) is 0 Å². The second-order valence-corrected chi connectivity index (χ2v) is 8.09. The minimum absolute atomic E-state index is 0.107. The van der Waals surface area contributed by atoms with E-state index in [1.165, 1.54) is 12.1 Å². The summed E-state index contributed by atoms with van der Waals surface area (Å²) in [5.41, 5.74) is 0.730. The van der Waals surface area contributed by atoms with E-state index in [0.717, 1.165) is 29.3 Å². The molecule has 1 atom stereocenters. The van der Waals surface area contributed by atoms with Crippen LogP contribution in [0.5, 0.6) is 0 Å². The first-order valence-electron chi connectivity index (χ1n) is 8.11. The van der Waals surface area contributed by atoms with Crippen molar-refractivity contribution in [2.45, 2.75) is 36.4 Å². The highest BCUT2D eigenvalue weighted by atomic mass is 32.2. The molecule has 5 nitrogen and oxygen atoms in total. The van der Waals surface area contributed by atoms with Crippen LogP contribution in [-0.4, -0.2) is 25.5 Å². The van der Waals surface area contributed by atoms with E-state index >= 15 is 0 Å². The maximum absolute atomic E-state index is 12.8. The Labute approximate surface area is 153 Å². The Morgan fingerprint density at radius 3 is 2.52 bits per heavy atom. The van der Waals surface area contributed by atoms with Gasteiger partial charge in [-0.25, -0.2) is 17.9 Å². The Morgan fingerprint density at radius 2 is 1.85 bits per heavy atom. The van der Waals surface area contributed by atoms with Crippen molar-refractivity contribution in [3.05, 3.63) is 64.7 Å². The van der Waals surface area contributed by atoms with E-state index in [-0.39, 0.29) is 12.0 Å². The van der Waals surface area contributed by atoms with Gasteiger partial charge in [-0.1, -0.05) is 12.1 Å². The first-order valence-corrected chi connectivity index (χ1v) is 9.59. The zero-order valence-electron chi connectivity index (χ0n) is 14.0. The average Bonchev–Trinajstić information content (AvgIpc) is 2.60. The van der Waals surface area contributed by atoms with Crippen molar-refractivity contribution >= 4 is 16.0 Å². The summed E-state index contributed by atoms with van der Waals surface area (Å²) in [6.07, 6.45) is -3.35. The van der Waals surface area contributed by atoms with Crippen molar-refractivity contribution in [3.8, 4) is 0 Å². The van der Waals surface area contributed by atoms with Crippen LogP contribution in [0.1, 0.15) is 33.5 Å². The molecule has 0 aromatic heterocycles. The molecule has 0 aliphatic heterocycles. The van der Waals surface area contributed by atoms with Gasteiger partial charge in [0, 0.05) is 6.04 Å². The van der Waals surface area contributed by atoms with Crippen molar-refractivity contribution in [1.29, 1.82) is 0 Å². The SMILES string of the molecule is O=C(O)c1ccc2c(c1)CC(NS(=O)(=O)c1cccc(C(F)(F)F)c1)CC2. The summed E-state index contributed by atoms with van der Waals surface area (Å²) in [5.74, 6) is -1.08. The molecule has 0 saturated heterocycles. The Kier molecular flexibility index (Phi) is 5.00. The van der Waals surface area contributed by atoms with Crippen LogP contribution in [0.4, 0.5) is 13.2 Å². The number of benzene rings is 2. The maximum Gasteiger partial charge on any atom is 0.416 e. The fourth-order valence-corrected chi connectivity index (χ4v) is 4.43. The van der Waals surface area contributed by atoms with Gasteiger partial charge in [0.25, 0.3) is 0 Å². The van der Waals surface area contributed by atoms with E-state index < -0.39 is 38.7 Å². The summed E-state index contributed by atoms with van der Waals surface area (Å²) in [5, 5.41) is 9.08. The summed E-state index contributed by atoms with van der Waals surface area (Å²) in [6.45, 7) is 0. The maximum atomic E-state index is 12.8. The largest absolute Gasteiger partial charge is 0.478 e. The summed E-state index contributed by atoms with van der Waals surface area (Å²) in [4.78, 5) is 10.6. The number of rotatable bonds is 4. The van der Waals surface area contributed by atoms with Crippen LogP contribution >= 0.6 is 0 Å². The van der Waals surface area contributed by atoms with E-state index in [0.29, 0.717) is 18.9 Å². The zero-order valence-corrected chi connectivity index (χ0v) is 14.8. The highest BCUT2D eigenvalue weighted by Gasteiger charge is 2.32. The molecule has 0 bridgehead atoms. The normalized spacial score (nSPS) is 17.4. The van der Waals surface area contributed by atoms with Crippen molar-refractivity contribution in [3.63, 3.8) is 0 Å². The minimum Gasteiger partial charge on any atom is -0.478 e. The van der Waals surface area contributed by atoms with Gasteiger partial charge in [0.05, 0.1) is 16.0 Å². The van der Waals surface area contributed by atoms with Crippen molar-refractivity contribution < 1.29 is 31.5 Å². The molecule has 0 saturated carbocycles. The van der Waals surface area contributed by atoms with Crippen LogP contribution in [0, 0.1) is 0 Å². The second-order valence-electron chi connectivity index (χ2n) is 6.38. The Morgan fingerprint density at radius 1 is 1.11 bits per heavy atom. The number of nitrogens with one attached hydrogen (secondary N) is 1. The lowest BCUT2D eigenvalue weighted by atomic mass is 9.88. The molecule has 1 aliphatic rings. The van der Waals surface area contributed by atoms with Gasteiger partial charge < -0.3 is 5.11 Å². The van der Waals surface area contributed by atoms with Gasteiger partial charge in [-0.2, -0.15) is 13.2 Å². The molecule has 1 aliphatic carbocycles. The molecule has 0 radical (unpaired) electrons. The van der Waals surface area contributed by atoms with Crippen molar-refractivity contribution in [1.82, 2.24) is 4.72 Å². The Hall–Kier alpha value is -2.39. The van der Waals surface area contributed by atoms with E-state index in [2.05, 4.69) is 4.72 Å². The number of sulfonamides is 1. The number of carboxylic acids is 1. The number of aryl methyl sites for hydroxylation is 1. The average molecular weight is 399 g/mol. The molecule has 0 spiro atoms. The smallest absolute Gasteiger partial charge is 0.416 e. The van der Waals surface area contributed by atoms with Gasteiger partial charge in [-0.3, -0.25) is 0 Å². The summed E-state index contributed by atoms with van der Waals surface area (Å²) >= 11 is 0. The number of carbonyl (C=O) groups is 1. The lowest BCUT2D eigenvalue weighted by molar-refractivity contribution is -0.137. The number of alkyl halides is 3. The number of aromatic carboxylic acids is 1. The molecule has 2 aromatic carbocycles. The summed E-state index contributed by atoms with van der Waals surface area (Å²) in [6, 6.07) is 7.74. The number of carboxylic acid groups (broad SMARTS) is 1. The van der Waals surface area contributed by atoms with Gasteiger partial charge in [-0.15, -0.1) is 0 Å². The number of hydrogen-bond donors (Lipinski definition) is 2. The Bertz CT molecular complexity index is 986. The first kappa shape index (κ1) is 19.4. The topological polar surface area (TPSA) is 83.5 Å². The van der Waals surface area contributed by atoms with Crippen molar-refractivity contribution in [2.75, 3.05) is 0 Å². The third-order valence-electron chi connectivity index (χ3n) is 4.48. The fraction of sp³-hybridized carbons (Fsp3) is 0.278. The van der Waals surface area contributed by atoms with Gasteiger partial charge in [0.1, 0.15) is 0 Å². The standard InChI is InChI=1S/C18H16F3NO4S/c19-18(20,21)14-2-1-3-16(10-14)27(25,26)22-15-7-6-11-4-5-12(17(23)24)8-13(11)9-15/h1-5,8,10,15,22H,6-7,9H2,(H,23,24). The molecule has 3 rings (SSSR count). The molecule has 2 N–H and O–H groups in total. The van der Waals surface area contributed by atoms with E-state index in [4.69, 9.17) is 5.11 Å². The first-order chi connectivity index (χ1) is 12.6. The second kappa shape index (κ2) is 6.97. The molecule has 9 heteroatoms. The zero-order chi connectivity index (χ0) is 19.8. The van der Waals surface area contributed by atoms with Crippen LogP contribution in [0.2, 0.25) is 0 Å². The molecule has 0 amide bonds. The minimum atomic E-state index is -4.64. The molecule has 0 heterocycles. The molecule has 144 valence electrons. The molecule has 27 heavy (non-hydrogen) atoms. The monoisotopic (exact) mass is 399 g/mol. The third kappa shape index (κ3) is 4.30. The summed E-state index contributed by atoms with van der Waals surface area (Å²) in [7, 11) is -4.14.